The number of rotatable bonds is 5. The molecule has 0 bridgehead atoms. The Balaban J connectivity index is 2.77. The van der Waals surface area contributed by atoms with Gasteiger partial charge in [0, 0.05) is 11.6 Å². The van der Waals surface area contributed by atoms with E-state index in [4.69, 9.17) is 23.2 Å². The monoisotopic (exact) mass is 330 g/mol. The van der Waals surface area contributed by atoms with Crippen LogP contribution in [0.4, 0.5) is 0 Å². The van der Waals surface area contributed by atoms with E-state index in [0.717, 1.165) is 12.0 Å². The fraction of sp³-hybridized carbons (Fsp3) is 0.562. The zero-order chi connectivity index (χ0) is 16.2. The van der Waals surface area contributed by atoms with Gasteiger partial charge in [0.15, 0.2) is 0 Å². The predicted molar refractivity (Wildman–Crippen MR) is 90.0 cm³/mol. The van der Waals surface area contributed by atoms with Crippen LogP contribution in [0.3, 0.4) is 0 Å². The van der Waals surface area contributed by atoms with E-state index < -0.39 is 0 Å². The van der Waals surface area contributed by atoms with Crippen LogP contribution in [-0.2, 0) is 4.79 Å². The molecule has 0 fully saturated rings. The van der Waals surface area contributed by atoms with Crippen molar-refractivity contribution >= 4 is 29.1 Å². The van der Waals surface area contributed by atoms with Crippen molar-refractivity contribution in [2.75, 3.05) is 0 Å². The lowest BCUT2D eigenvalue weighted by Crippen LogP contribution is -2.50. The summed E-state index contributed by atoms with van der Waals surface area (Å²) in [7, 11) is 0. The molecule has 0 saturated heterocycles. The fourth-order valence-electron chi connectivity index (χ4n) is 2.03. The topological polar surface area (TPSA) is 41.1 Å². The van der Waals surface area contributed by atoms with Crippen molar-refractivity contribution in [3.05, 3.63) is 33.8 Å². The van der Waals surface area contributed by atoms with Gasteiger partial charge in [0.1, 0.15) is 0 Å². The van der Waals surface area contributed by atoms with Crippen molar-refractivity contribution in [3.8, 4) is 0 Å². The molecule has 2 atom stereocenters. The number of benzene rings is 1. The lowest BCUT2D eigenvalue weighted by atomic mass is 10.0. The van der Waals surface area contributed by atoms with Crippen LogP contribution >= 0.6 is 23.2 Å². The van der Waals surface area contributed by atoms with Crippen LogP contribution in [0.15, 0.2) is 18.2 Å². The van der Waals surface area contributed by atoms with Crippen LogP contribution in [0.25, 0.3) is 0 Å². The molecule has 1 amide bonds. The Labute approximate surface area is 137 Å². The van der Waals surface area contributed by atoms with Gasteiger partial charge in [-0.25, -0.2) is 0 Å². The number of hydrogen-bond donors (Lipinski definition) is 2. The summed E-state index contributed by atoms with van der Waals surface area (Å²) in [4.78, 5) is 12.1. The lowest BCUT2D eigenvalue weighted by molar-refractivity contribution is -0.124. The highest BCUT2D eigenvalue weighted by Crippen LogP contribution is 2.27. The molecule has 0 aliphatic heterocycles. The number of nitrogens with one attached hydrogen (secondary N) is 2. The Morgan fingerprint density at radius 2 is 1.86 bits per heavy atom. The Kier molecular flexibility index (Phi) is 6.51. The molecule has 21 heavy (non-hydrogen) atoms. The minimum atomic E-state index is -0.288. The highest BCUT2D eigenvalue weighted by Gasteiger charge is 2.22. The zero-order valence-electron chi connectivity index (χ0n) is 13.3. The molecule has 0 radical (unpaired) electrons. The van der Waals surface area contributed by atoms with E-state index in [1.165, 1.54) is 0 Å². The van der Waals surface area contributed by atoms with Gasteiger partial charge in [-0.1, -0.05) is 36.2 Å². The number of amides is 1. The first-order valence-corrected chi connectivity index (χ1v) is 7.92. The Bertz CT molecular complexity index is 498. The number of carbonyl (C=O) groups excluding carboxylic acids is 1. The van der Waals surface area contributed by atoms with Gasteiger partial charge in [0.05, 0.1) is 16.1 Å². The SMILES string of the molecule is CCC(NC(C)C(=O)NC(C)(C)C)c1ccc(Cl)c(Cl)c1. The molecule has 2 N–H and O–H groups in total. The first-order chi connectivity index (χ1) is 9.64. The lowest BCUT2D eigenvalue weighted by Gasteiger charge is -2.26. The second kappa shape index (κ2) is 7.48. The summed E-state index contributed by atoms with van der Waals surface area (Å²) in [6, 6.07) is 5.33. The number of hydrogen-bond acceptors (Lipinski definition) is 2. The zero-order valence-corrected chi connectivity index (χ0v) is 14.8. The van der Waals surface area contributed by atoms with Crippen LogP contribution in [0.5, 0.6) is 0 Å². The molecule has 1 aromatic carbocycles. The van der Waals surface area contributed by atoms with Gasteiger partial charge < -0.3 is 5.32 Å². The highest BCUT2D eigenvalue weighted by atomic mass is 35.5. The third-order valence-electron chi connectivity index (χ3n) is 3.10. The van der Waals surface area contributed by atoms with Gasteiger partial charge in [-0.15, -0.1) is 0 Å². The van der Waals surface area contributed by atoms with Crippen molar-refractivity contribution in [2.24, 2.45) is 0 Å². The molecule has 1 aromatic rings. The van der Waals surface area contributed by atoms with Crippen LogP contribution in [-0.4, -0.2) is 17.5 Å². The minimum absolute atomic E-state index is 0.0130. The molecule has 3 nitrogen and oxygen atoms in total. The van der Waals surface area contributed by atoms with E-state index in [9.17, 15) is 4.79 Å². The van der Waals surface area contributed by atoms with Crippen molar-refractivity contribution in [1.29, 1.82) is 0 Å². The molecular weight excluding hydrogens is 307 g/mol. The summed E-state index contributed by atoms with van der Waals surface area (Å²) >= 11 is 12.0. The van der Waals surface area contributed by atoms with Crippen LogP contribution in [0.1, 0.15) is 52.6 Å². The van der Waals surface area contributed by atoms with Gasteiger partial charge in [-0.2, -0.15) is 0 Å². The Hall–Kier alpha value is -0.770. The van der Waals surface area contributed by atoms with E-state index in [1.807, 2.05) is 39.8 Å². The highest BCUT2D eigenvalue weighted by molar-refractivity contribution is 6.42. The van der Waals surface area contributed by atoms with E-state index >= 15 is 0 Å². The van der Waals surface area contributed by atoms with Gasteiger partial charge in [0.2, 0.25) is 5.91 Å². The fourth-order valence-corrected chi connectivity index (χ4v) is 2.34. The van der Waals surface area contributed by atoms with Crippen molar-refractivity contribution in [1.82, 2.24) is 10.6 Å². The van der Waals surface area contributed by atoms with Gasteiger partial charge >= 0.3 is 0 Å². The van der Waals surface area contributed by atoms with E-state index in [0.29, 0.717) is 10.0 Å². The normalized spacial score (nSPS) is 14.6. The average Bonchev–Trinajstić information content (AvgIpc) is 2.37. The first kappa shape index (κ1) is 18.3. The molecule has 118 valence electrons. The second-order valence-electron chi connectivity index (χ2n) is 6.26. The average molecular weight is 331 g/mol. The van der Waals surface area contributed by atoms with E-state index in [2.05, 4.69) is 17.6 Å². The first-order valence-electron chi connectivity index (χ1n) is 7.17. The third kappa shape index (κ3) is 5.85. The number of carbonyl (C=O) groups is 1. The molecule has 0 heterocycles. The van der Waals surface area contributed by atoms with Gasteiger partial charge in [-0.3, -0.25) is 10.1 Å². The number of halogens is 2. The summed E-state index contributed by atoms with van der Waals surface area (Å²) in [6.45, 7) is 9.82. The summed E-state index contributed by atoms with van der Waals surface area (Å²) in [5, 5.41) is 7.37. The van der Waals surface area contributed by atoms with Crippen LogP contribution in [0, 0.1) is 0 Å². The maximum Gasteiger partial charge on any atom is 0.237 e. The quantitative estimate of drug-likeness (QED) is 0.843. The Morgan fingerprint density at radius 3 is 2.33 bits per heavy atom. The Morgan fingerprint density at radius 1 is 1.24 bits per heavy atom. The largest absolute Gasteiger partial charge is 0.350 e. The van der Waals surface area contributed by atoms with Gasteiger partial charge in [0.25, 0.3) is 0 Å². The molecular formula is C16H24Cl2N2O. The molecule has 0 spiro atoms. The van der Waals surface area contributed by atoms with Crippen molar-refractivity contribution in [2.45, 2.75) is 58.7 Å². The summed E-state index contributed by atoms with van der Waals surface area (Å²) in [6.07, 6.45) is 0.852. The van der Waals surface area contributed by atoms with Crippen molar-refractivity contribution < 1.29 is 4.79 Å². The molecule has 5 heteroatoms. The van der Waals surface area contributed by atoms with E-state index in [-0.39, 0.29) is 23.5 Å². The smallest absolute Gasteiger partial charge is 0.237 e. The predicted octanol–water partition coefficient (Wildman–Crippen LogP) is 4.34. The minimum Gasteiger partial charge on any atom is -0.350 e. The molecule has 0 aliphatic carbocycles. The maximum atomic E-state index is 12.1. The molecule has 0 saturated carbocycles. The third-order valence-corrected chi connectivity index (χ3v) is 3.84. The van der Waals surface area contributed by atoms with Crippen molar-refractivity contribution in [3.63, 3.8) is 0 Å². The summed E-state index contributed by atoms with van der Waals surface area (Å²) in [5.74, 6) is -0.0130. The van der Waals surface area contributed by atoms with Gasteiger partial charge in [-0.05, 0) is 51.8 Å². The van der Waals surface area contributed by atoms with E-state index in [1.54, 1.807) is 6.07 Å². The standard InChI is InChI=1S/C16H24Cl2N2O/c1-6-14(11-7-8-12(17)13(18)9-11)19-10(2)15(21)20-16(3,4)5/h7-10,14,19H,6H2,1-5H3,(H,20,21). The molecule has 2 unspecified atom stereocenters. The van der Waals surface area contributed by atoms with Crippen LogP contribution < -0.4 is 10.6 Å². The molecule has 1 rings (SSSR count). The van der Waals surface area contributed by atoms with Crippen LogP contribution in [0.2, 0.25) is 10.0 Å². The second-order valence-corrected chi connectivity index (χ2v) is 7.08. The molecule has 0 aromatic heterocycles. The maximum absolute atomic E-state index is 12.1. The summed E-state index contributed by atoms with van der Waals surface area (Å²) < 4.78 is 0. The molecule has 0 aliphatic rings. The summed E-state index contributed by atoms with van der Waals surface area (Å²) in [5.41, 5.74) is 0.792.